The van der Waals surface area contributed by atoms with Crippen LogP contribution in [0.2, 0.25) is 15.1 Å². The summed E-state index contributed by atoms with van der Waals surface area (Å²) in [4.78, 5) is 4.19. The maximum absolute atomic E-state index is 14.1. The normalized spacial score (nSPS) is 20.3. The molecule has 26 heavy (non-hydrogen) atoms. The molecule has 2 aromatic rings. The van der Waals surface area contributed by atoms with Crippen LogP contribution in [0.5, 0.6) is 0 Å². The molecule has 2 nitrogen and oxygen atoms in total. The van der Waals surface area contributed by atoms with E-state index in [1.54, 1.807) is 25.1 Å². The van der Waals surface area contributed by atoms with Crippen molar-refractivity contribution < 1.29 is 13.2 Å². The molecule has 0 fully saturated rings. The molecular weight excluding hydrogens is 408 g/mol. The lowest BCUT2D eigenvalue weighted by Crippen LogP contribution is -2.43. The Hall–Kier alpha value is -1.43. The minimum absolute atomic E-state index is 0.0189. The zero-order valence-electron chi connectivity index (χ0n) is 13.6. The van der Waals surface area contributed by atoms with E-state index in [0.717, 1.165) is 5.56 Å². The van der Waals surface area contributed by atoms with Gasteiger partial charge in [0.2, 0.25) is 0 Å². The topological polar surface area (TPSA) is 38.4 Å². The second-order valence-corrected chi connectivity index (χ2v) is 7.54. The number of nitrogens with two attached hydrogens (primary N) is 1. The van der Waals surface area contributed by atoms with Gasteiger partial charge in [-0.15, -0.1) is 0 Å². The molecule has 0 spiro atoms. The molecule has 1 aliphatic heterocycles. The highest BCUT2D eigenvalue weighted by Crippen LogP contribution is 2.49. The van der Waals surface area contributed by atoms with Gasteiger partial charge in [0.1, 0.15) is 5.41 Å². The van der Waals surface area contributed by atoms with Gasteiger partial charge in [0.15, 0.2) is 0 Å². The van der Waals surface area contributed by atoms with Crippen molar-refractivity contribution in [1.29, 1.82) is 0 Å². The summed E-state index contributed by atoms with van der Waals surface area (Å²) in [6.07, 6.45) is -4.85. The van der Waals surface area contributed by atoms with Gasteiger partial charge in [0, 0.05) is 17.8 Å². The molecular formula is C18H14Cl3F3N2. The van der Waals surface area contributed by atoms with Crippen molar-refractivity contribution in [3.8, 4) is 0 Å². The number of aryl methyl sites for hydroxylation is 1. The van der Waals surface area contributed by atoms with E-state index in [1.165, 1.54) is 12.1 Å². The average molecular weight is 422 g/mol. The molecule has 0 aromatic heterocycles. The second-order valence-electron chi connectivity index (χ2n) is 6.34. The molecule has 8 heteroatoms. The Bertz CT molecular complexity index is 886. The third-order valence-corrected chi connectivity index (χ3v) is 5.89. The molecule has 2 aromatic carbocycles. The molecule has 0 radical (unpaired) electrons. The molecule has 138 valence electrons. The number of benzene rings is 2. The van der Waals surface area contributed by atoms with Crippen LogP contribution in [0, 0.1) is 6.92 Å². The maximum Gasteiger partial charge on any atom is 0.400 e. The highest BCUT2D eigenvalue weighted by atomic mass is 35.5. The predicted octanol–water partition coefficient (Wildman–Crippen LogP) is 6.23. The van der Waals surface area contributed by atoms with Gasteiger partial charge >= 0.3 is 6.18 Å². The van der Waals surface area contributed by atoms with Crippen molar-refractivity contribution in [2.45, 2.75) is 24.9 Å². The first-order valence-electron chi connectivity index (χ1n) is 7.67. The molecule has 2 N–H and O–H groups in total. The summed E-state index contributed by atoms with van der Waals surface area (Å²) in [6.45, 7) is 1.35. The van der Waals surface area contributed by atoms with Crippen molar-refractivity contribution >= 4 is 46.2 Å². The van der Waals surface area contributed by atoms with E-state index in [4.69, 9.17) is 40.5 Å². The number of alkyl halides is 3. The van der Waals surface area contributed by atoms with Crippen LogP contribution in [0.4, 0.5) is 18.9 Å². The lowest BCUT2D eigenvalue weighted by atomic mass is 9.76. The molecule has 0 amide bonds. The summed E-state index contributed by atoms with van der Waals surface area (Å²) in [5.41, 5.74) is 5.89. The lowest BCUT2D eigenvalue weighted by Gasteiger charge is -2.32. The molecule has 0 saturated heterocycles. The molecule has 0 aliphatic carbocycles. The fourth-order valence-electron chi connectivity index (χ4n) is 3.06. The van der Waals surface area contributed by atoms with E-state index in [2.05, 4.69) is 4.99 Å². The number of hydrogen-bond acceptors (Lipinski definition) is 2. The zero-order valence-corrected chi connectivity index (χ0v) is 15.9. The minimum atomic E-state index is -4.54. The standard InChI is InChI=1S/C18H14Cl3F3N2/c1-9-4-10(2-3-14(9)25)15-7-17(8-26-15,18(22,23)24)11-5-12(19)16(21)13(20)6-11/h2-6H,7-8,25H2,1H3. The van der Waals surface area contributed by atoms with E-state index >= 15 is 0 Å². The first-order chi connectivity index (χ1) is 12.0. The first kappa shape index (κ1) is 19.3. The Labute approximate surface area is 163 Å². The van der Waals surface area contributed by atoms with Crippen molar-refractivity contribution in [3.63, 3.8) is 0 Å². The zero-order chi connectivity index (χ0) is 19.3. The third-order valence-electron chi connectivity index (χ3n) is 4.69. The molecule has 1 atom stereocenters. The summed E-state index contributed by atoms with van der Waals surface area (Å²) in [5, 5.41) is -0.00755. The average Bonchev–Trinajstić information content (AvgIpc) is 3.01. The maximum atomic E-state index is 14.1. The van der Waals surface area contributed by atoms with Gasteiger partial charge in [-0.05, 0) is 47.9 Å². The van der Waals surface area contributed by atoms with Crippen LogP contribution in [0.3, 0.4) is 0 Å². The van der Waals surface area contributed by atoms with Gasteiger partial charge in [0.05, 0.1) is 21.6 Å². The van der Waals surface area contributed by atoms with Crippen LogP contribution in [0.1, 0.15) is 23.1 Å². The third kappa shape index (κ3) is 3.17. The SMILES string of the molecule is Cc1cc(C2=NCC(c3cc(Cl)c(Cl)c(Cl)c3)(C(F)(F)F)C2)ccc1N. The molecule has 0 saturated carbocycles. The van der Waals surface area contributed by atoms with E-state index in [-0.39, 0.29) is 27.1 Å². The van der Waals surface area contributed by atoms with Crippen LogP contribution >= 0.6 is 34.8 Å². The Balaban J connectivity index is 2.06. The van der Waals surface area contributed by atoms with E-state index in [9.17, 15) is 13.2 Å². The second kappa shape index (κ2) is 6.63. The smallest absolute Gasteiger partial charge is 0.399 e. The van der Waals surface area contributed by atoms with Gasteiger partial charge in [-0.2, -0.15) is 13.2 Å². The first-order valence-corrected chi connectivity index (χ1v) is 8.80. The summed E-state index contributed by atoms with van der Waals surface area (Å²) >= 11 is 17.8. The fourth-order valence-corrected chi connectivity index (χ4v) is 3.65. The number of aliphatic imine (C=N–C) groups is 1. The van der Waals surface area contributed by atoms with Crippen LogP contribution in [-0.2, 0) is 5.41 Å². The van der Waals surface area contributed by atoms with E-state index in [1.807, 2.05) is 0 Å². The Kier molecular flexibility index (Phi) is 4.93. The van der Waals surface area contributed by atoms with Gasteiger partial charge in [0.25, 0.3) is 0 Å². The quantitative estimate of drug-likeness (QED) is 0.453. The number of hydrogen-bond donors (Lipinski definition) is 1. The highest BCUT2D eigenvalue weighted by Gasteiger charge is 2.58. The predicted molar refractivity (Wildman–Crippen MR) is 101 cm³/mol. The lowest BCUT2D eigenvalue weighted by molar-refractivity contribution is -0.183. The molecule has 0 bridgehead atoms. The van der Waals surface area contributed by atoms with Crippen LogP contribution in [-0.4, -0.2) is 18.4 Å². The van der Waals surface area contributed by atoms with Crippen molar-refractivity contribution in [3.05, 3.63) is 62.1 Å². The van der Waals surface area contributed by atoms with Gasteiger partial charge < -0.3 is 5.73 Å². The van der Waals surface area contributed by atoms with E-state index in [0.29, 0.717) is 17.0 Å². The van der Waals surface area contributed by atoms with Crippen molar-refractivity contribution in [1.82, 2.24) is 0 Å². The van der Waals surface area contributed by atoms with Crippen LogP contribution in [0.15, 0.2) is 35.3 Å². The summed E-state index contributed by atoms with van der Waals surface area (Å²) in [6, 6.07) is 7.51. The van der Waals surface area contributed by atoms with Crippen molar-refractivity contribution in [2.24, 2.45) is 4.99 Å². The summed E-state index contributed by atoms with van der Waals surface area (Å²) in [5.74, 6) is 0. The molecule has 1 heterocycles. The summed E-state index contributed by atoms with van der Waals surface area (Å²) < 4.78 is 42.3. The number of nitrogens with zero attached hydrogens (tertiary/aromatic N) is 1. The molecule has 1 aliphatic rings. The van der Waals surface area contributed by atoms with E-state index < -0.39 is 18.1 Å². The minimum Gasteiger partial charge on any atom is -0.399 e. The Morgan fingerprint density at radius 3 is 2.23 bits per heavy atom. The number of halogens is 6. The number of anilines is 1. The Morgan fingerprint density at radius 2 is 1.69 bits per heavy atom. The van der Waals surface area contributed by atoms with Gasteiger partial charge in [-0.1, -0.05) is 40.9 Å². The largest absolute Gasteiger partial charge is 0.400 e. The van der Waals surface area contributed by atoms with Gasteiger partial charge in [-0.25, -0.2) is 0 Å². The van der Waals surface area contributed by atoms with Crippen molar-refractivity contribution in [2.75, 3.05) is 12.3 Å². The van der Waals surface area contributed by atoms with Crippen LogP contribution < -0.4 is 5.73 Å². The fraction of sp³-hybridized carbons (Fsp3) is 0.278. The van der Waals surface area contributed by atoms with Crippen LogP contribution in [0.25, 0.3) is 0 Å². The highest BCUT2D eigenvalue weighted by molar-refractivity contribution is 6.48. The Morgan fingerprint density at radius 1 is 1.08 bits per heavy atom. The molecule has 1 unspecified atom stereocenters. The monoisotopic (exact) mass is 420 g/mol. The number of rotatable bonds is 2. The number of nitrogen functional groups attached to an aromatic ring is 1. The summed E-state index contributed by atoms with van der Waals surface area (Å²) in [7, 11) is 0. The van der Waals surface area contributed by atoms with Gasteiger partial charge in [-0.3, -0.25) is 4.99 Å². The molecule has 3 rings (SSSR count).